The number of carbonyl (C=O) groups excluding carboxylic acids is 2. The van der Waals surface area contributed by atoms with E-state index in [9.17, 15) is 9.59 Å². The van der Waals surface area contributed by atoms with Gasteiger partial charge in [-0.2, -0.15) is 0 Å². The summed E-state index contributed by atoms with van der Waals surface area (Å²) in [5.74, 6) is 0.0416. The lowest BCUT2D eigenvalue weighted by Gasteiger charge is -2.36. The summed E-state index contributed by atoms with van der Waals surface area (Å²) in [5, 5.41) is 6.06. The zero-order valence-electron chi connectivity index (χ0n) is 20.0. The Morgan fingerprint density at radius 2 is 1.89 bits per heavy atom. The fraction of sp³-hybridized carbons (Fsp3) is 0.179. The first-order valence-electron chi connectivity index (χ1n) is 11.8. The van der Waals surface area contributed by atoms with Gasteiger partial charge in [-0.1, -0.05) is 65.8 Å². The molecule has 0 bridgehead atoms. The van der Waals surface area contributed by atoms with Gasteiger partial charge in [0.2, 0.25) is 5.91 Å². The minimum absolute atomic E-state index is 0.105. The van der Waals surface area contributed by atoms with E-state index in [2.05, 4.69) is 5.32 Å². The number of benzene rings is 2. The van der Waals surface area contributed by atoms with Gasteiger partial charge in [0, 0.05) is 16.3 Å². The molecule has 0 unspecified atom stereocenters. The zero-order chi connectivity index (χ0) is 25.8. The second-order valence-electron chi connectivity index (χ2n) is 8.33. The summed E-state index contributed by atoms with van der Waals surface area (Å²) in [6, 6.07) is 19.9. The van der Waals surface area contributed by atoms with Gasteiger partial charge in [0.1, 0.15) is 5.76 Å². The number of nitrogens with zero attached hydrogens (tertiary/aromatic N) is 2. The quantitative estimate of drug-likeness (QED) is 0.362. The first kappa shape index (κ1) is 24.9. The molecule has 0 spiro atoms. The lowest BCUT2D eigenvalue weighted by molar-refractivity contribution is -0.139. The molecule has 1 atom stereocenters. The molecule has 0 saturated carbocycles. The minimum Gasteiger partial charge on any atom is -0.467 e. The molecule has 2 aliphatic rings. The highest BCUT2D eigenvalue weighted by Gasteiger charge is 2.42. The maximum Gasteiger partial charge on any atom is 0.338 e. The molecule has 0 radical (unpaired) electrons. The van der Waals surface area contributed by atoms with Gasteiger partial charge < -0.3 is 19.4 Å². The average molecular weight is 534 g/mol. The Morgan fingerprint density at radius 3 is 2.59 bits per heavy atom. The van der Waals surface area contributed by atoms with E-state index in [4.69, 9.17) is 25.7 Å². The van der Waals surface area contributed by atoms with Crippen molar-refractivity contribution in [3.63, 3.8) is 0 Å². The number of amides is 1. The summed E-state index contributed by atoms with van der Waals surface area (Å²) in [4.78, 5) is 33.2. The Morgan fingerprint density at radius 1 is 1.11 bits per heavy atom. The third kappa shape index (κ3) is 5.35. The summed E-state index contributed by atoms with van der Waals surface area (Å²) in [6.45, 7) is 2.29. The van der Waals surface area contributed by atoms with Crippen molar-refractivity contribution in [1.82, 2.24) is 10.2 Å². The molecule has 1 N–H and O–H groups in total. The van der Waals surface area contributed by atoms with Crippen LogP contribution < -0.4 is 5.32 Å². The van der Waals surface area contributed by atoms with Crippen LogP contribution in [0, 0.1) is 0 Å². The normalized spacial score (nSPS) is 16.7. The van der Waals surface area contributed by atoms with Gasteiger partial charge in [-0.05, 0) is 42.2 Å². The molecule has 2 aliphatic heterocycles. The molecule has 1 aromatic heterocycles. The molecule has 9 heteroatoms. The second-order valence-corrected chi connectivity index (χ2v) is 9.60. The lowest BCUT2D eigenvalue weighted by atomic mass is 9.91. The van der Waals surface area contributed by atoms with Crippen LogP contribution in [0.1, 0.15) is 36.3 Å². The molecule has 5 rings (SSSR count). The number of carbonyl (C=O) groups is 2. The highest BCUT2D eigenvalue weighted by molar-refractivity contribution is 8.16. The van der Waals surface area contributed by atoms with E-state index in [0.29, 0.717) is 33.8 Å². The molecule has 1 amide bonds. The predicted molar refractivity (Wildman–Crippen MR) is 144 cm³/mol. The fourth-order valence-electron chi connectivity index (χ4n) is 4.27. The van der Waals surface area contributed by atoms with Crippen molar-refractivity contribution < 1.29 is 18.7 Å². The fourth-order valence-corrected chi connectivity index (χ4v) is 5.32. The number of hydrogen-bond donors (Lipinski definition) is 1. The van der Waals surface area contributed by atoms with Crippen LogP contribution in [0.4, 0.5) is 0 Å². The largest absolute Gasteiger partial charge is 0.467 e. The molecule has 7 nitrogen and oxygen atoms in total. The number of thioether (sulfide) groups is 1. The summed E-state index contributed by atoms with van der Waals surface area (Å²) in [6.07, 6.45) is 1.67. The van der Waals surface area contributed by atoms with E-state index in [1.807, 2.05) is 52.8 Å². The number of amidine groups is 1. The number of ether oxygens (including phenoxy) is 1. The molecule has 0 aliphatic carbocycles. The van der Waals surface area contributed by atoms with E-state index in [1.54, 1.807) is 37.5 Å². The smallest absolute Gasteiger partial charge is 0.338 e. The number of halogens is 1. The van der Waals surface area contributed by atoms with Crippen LogP contribution in [0.3, 0.4) is 0 Å². The van der Waals surface area contributed by atoms with Gasteiger partial charge in [0.15, 0.2) is 5.17 Å². The minimum atomic E-state index is -0.557. The summed E-state index contributed by atoms with van der Waals surface area (Å²) >= 11 is 7.61. The predicted octanol–water partition coefficient (Wildman–Crippen LogP) is 5.91. The molecular formula is C28H24ClN3O4S. The molecule has 188 valence electrons. The maximum absolute atomic E-state index is 13.5. The van der Waals surface area contributed by atoms with E-state index in [0.717, 1.165) is 16.8 Å². The van der Waals surface area contributed by atoms with Gasteiger partial charge in [-0.15, -0.1) is 0 Å². The molecule has 2 aromatic carbocycles. The van der Waals surface area contributed by atoms with E-state index >= 15 is 0 Å². The van der Waals surface area contributed by atoms with E-state index in [1.165, 1.54) is 11.8 Å². The van der Waals surface area contributed by atoms with Crippen LogP contribution >= 0.6 is 23.4 Å². The molecular weight excluding hydrogens is 510 g/mol. The summed E-state index contributed by atoms with van der Waals surface area (Å²) in [7, 11) is 0. The number of hydrogen-bond acceptors (Lipinski definition) is 7. The Kier molecular flexibility index (Phi) is 7.48. The third-order valence-electron chi connectivity index (χ3n) is 5.92. The van der Waals surface area contributed by atoms with Crippen LogP contribution in [0.15, 0.2) is 99.1 Å². The number of furan rings is 1. The number of fused-ring (bicyclic) bond motifs is 1. The van der Waals surface area contributed by atoms with Crippen molar-refractivity contribution in [1.29, 1.82) is 0 Å². The van der Waals surface area contributed by atoms with Crippen molar-refractivity contribution in [3.05, 3.63) is 112 Å². The standard InChI is InChI=1S/C28H24ClN3O4S/c1-2-35-27(34)24-25(18-7-4-3-5-8-18)31-28-32(26(24)19-10-12-20(29)13-11-19)21(17-37-28)15-23(33)30-16-22-9-6-14-36-22/h3-14,17,26H,2,15-16H2,1H3,(H,30,33)/t26-/m0/s1. The molecule has 3 heterocycles. The second kappa shape index (κ2) is 11.1. The first-order chi connectivity index (χ1) is 18.0. The molecule has 37 heavy (non-hydrogen) atoms. The van der Waals surface area contributed by atoms with Crippen LogP contribution in [0.5, 0.6) is 0 Å². The highest BCUT2D eigenvalue weighted by atomic mass is 35.5. The van der Waals surface area contributed by atoms with Crippen molar-refractivity contribution in [3.8, 4) is 0 Å². The summed E-state index contributed by atoms with van der Waals surface area (Å²) < 4.78 is 10.8. The van der Waals surface area contributed by atoms with Gasteiger partial charge in [-0.3, -0.25) is 4.79 Å². The van der Waals surface area contributed by atoms with Gasteiger partial charge in [0.25, 0.3) is 0 Å². The number of nitrogens with one attached hydrogen (secondary N) is 1. The third-order valence-corrected chi connectivity index (χ3v) is 7.06. The Balaban J connectivity index is 1.54. The topological polar surface area (TPSA) is 84.1 Å². The molecule has 3 aromatic rings. The Labute approximate surface area is 223 Å². The lowest BCUT2D eigenvalue weighted by Crippen LogP contribution is -2.38. The van der Waals surface area contributed by atoms with Crippen molar-refractivity contribution in [2.24, 2.45) is 4.99 Å². The van der Waals surface area contributed by atoms with Crippen molar-refractivity contribution in [2.75, 3.05) is 6.61 Å². The SMILES string of the molecule is CCOC(=O)C1=C(c2ccccc2)N=C2SC=C(CC(=O)NCc3ccco3)N2[C@H]1c1ccc(Cl)cc1. The van der Waals surface area contributed by atoms with Crippen molar-refractivity contribution >= 4 is 46.1 Å². The average Bonchev–Trinajstić information content (AvgIpc) is 3.58. The number of esters is 1. The Bertz CT molecular complexity index is 1380. The van der Waals surface area contributed by atoms with Crippen LogP contribution in [0.2, 0.25) is 5.02 Å². The molecule has 0 saturated heterocycles. The van der Waals surface area contributed by atoms with Gasteiger partial charge in [-0.25, -0.2) is 9.79 Å². The monoisotopic (exact) mass is 533 g/mol. The first-order valence-corrected chi connectivity index (χ1v) is 13.1. The van der Waals surface area contributed by atoms with E-state index < -0.39 is 12.0 Å². The van der Waals surface area contributed by atoms with Crippen molar-refractivity contribution in [2.45, 2.75) is 25.9 Å². The van der Waals surface area contributed by atoms with Crippen LogP contribution in [-0.4, -0.2) is 28.6 Å². The Hall–Kier alpha value is -3.75. The molecule has 0 fully saturated rings. The van der Waals surface area contributed by atoms with E-state index in [-0.39, 0.29) is 18.9 Å². The maximum atomic E-state index is 13.5. The summed E-state index contributed by atoms with van der Waals surface area (Å²) in [5.41, 5.74) is 3.33. The number of rotatable bonds is 8. The number of aliphatic imine (C=N–C) groups is 1. The zero-order valence-corrected chi connectivity index (χ0v) is 21.6. The van der Waals surface area contributed by atoms with Crippen LogP contribution in [0.25, 0.3) is 5.70 Å². The van der Waals surface area contributed by atoms with Gasteiger partial charge in [0.05, 0.1) is 43.1 Å². The highest BCUT2D eigenvalue weighted by Crippen LogP contribution is 2.47. The van der Waals surface area contributed by atoms with Gasteiger partial charge >= 0.3 is 5.97 Å². The van der Waals surface area contributed by atoms with Crippen LogP contribution in [-0.2, 0) is 20.9 Å².